The Labute approximate surface area is 149 Å². The van der Waals surface area contributed by atoms with Crippen LogP contribution in [0.5, 0.6) is 0 Å². The number of Topliss-reactive ketones (excluding diaryl/α,β-unsaturated/α-hetero) is 1. The van der Waals surface area contributed by atoms with Crippen molar-refractivity contribution in [3.63, 3.8) is 0 Å². The third kappa shape index (κ3) is 5.06. The van der Waals surface area contributed by atoms with E-state index >= 15 is 0 Å². The van der Waals surface area contributed by atoms with Crippen LogP contribution in [0, 0.1) is 0 Å². The number of rotatable bonds is 6. The van der Waals surface area contributed by atoms with Gasteiger partial charge in [-0.15, -0.1) is 0 Å². The van der Waals surface area contributed by atoms with Crippen LogP contribution in [0.1, 0.15) is 34.1 Å². The summed E-state index contributed by atoms with van der Waals surface area (Å²) in [6, 6.07) is 10.7. The SMILES string of the molecule is CCC(=O)Nc1ccc(C(=O)COC(=O)c2ccc(Cl)cc2N)cc1. The summed E-state index contributed by atoms with van der Waals surface area (Å²) in [5.74, 6) is -1.18. The van der Waals surface area contributed by atoms with E-state index in [2.05, 4.69) is 5.32 Å². The van der Waals surface area contributed by atoms with Crippen molar-refractivity contribution in [3.05, 3.63) is 58.6 Å². The van der Waals surface area contributed by atoms with E-state index in [0.29, 0.717) is 22.7 Å². The van der Waals surface area contributed by atoms with E-state index in [0.717, 1.165) is 0 Å². The van der Waals surface area contributed by atoms with Gasteiger partial charge in [0.05, 0.1) is 5.56 Å². The lowest BCUT2D eigenvalue weighted by molar-refractivity contribution is -0.115. The van der Waals surface area contributed by atoms with Crippen molar-refractivity contribution in [1.29, 1.82) is 0 Å². The standard InChI is InChI=1S/C18H17ClN2O4/c1-2-17(23)21-13-6-3-11(4-7-13)16(22)10-25-18(24)14-8-5-12(19)9-15(14)20/h3-9H,2,10,20H2,1H3,(H,21,23). The van der Waals surface area contributed by atoms with Gasteiger partial charge in [-0.25, -0.2) is 4.79 Å². The molecule has 25 heavy (non-hydrogen) atoms. The summed E-state index contributed by atoms with van der Waals surface area (Å²) in [4.78, 5) is 35.4. The molecular formula is C18H17ClN2O4. The molecule has 6 nitrogen and oxygen atoms in total. The molecule has 0 aromatic heterocycles. The molecule has 2 rings (SSSR count). The van der Waals surface area contributed by atoms with E-state index in [1.165, 1.54) is 18.2 Å². The fraction of sp³-hybridized carbons (Fsp3) is 0.167. The Bertz CT molecular complexity index is 803. The minimum atomic E-state index is -0.700. The van der Waals surface area contributed by atoms with E-state index in [4.69, 9.17) is 22.1 Å². The van der Waals surface area contributed by atoms with Crippen LogP contribution in [0.2, 0.25) is 5.02 Å². The third-order valence-corrected chi connectivity index (χ3v) is 3.61. The highest BCUT2D eigenvalue weighted by molar-refractivity contribution is 6.31. The molecule has 0 aliphatic rings. The Kier molecular flexibility index (Phi) is 6.14. The number of nitrogens with one attached hydrogen (secondary N) is 1. The second-order valence-electron chi connectivity index (χ2n) is 5.21. The summed E-state index contributed by atoms with van der Waals surface area (Å²) in [6.07, 6.45) is 0.366. The normalized spacial score (nSPS) is 10.2. The lowest BCUT2D eigenvalue weighted by Crippen LogP contribution is -2.15. The molecule has 2 aromatic rings. The number of esters is 1. The van der Waals surface area contributed by atoms with Gasteiger partial charge < -0.3 is 15.8 Å². The highest BCUT2D eigenvalue weighted by Gasteiger charge is 2.14. The van der Waals surface area contributed by atoms with Gasteiger partial charge in [-0.1, -0.05) is 18.5 Å². The molecule has 0 spiro atoms. The van der Waals surface area contributed by atoms with Gasteiger partial charge in [0.2, 0.25) is 5.91 Å². The number of carbonyl (C=O) groups excluding carboxylic acids is 3. The molecule has 3 N–H and O–H groups in total. The van der Waals surface area contributed by atoms with Gasteiger partial charge in [-0.05, 0) is 42.5 Å². The van der Waals surface area contributed by atoms with E-state index in [9.17, 15) is 14.4 Å². The zero-order chi connectivity index (χ0) is 18.4. The Hall–Kier alpha value is -2.86. The van der Waals surface area contributed by atoms with Gasteiger partial charge in [0.25, 0.3) is 0 Å². The number of anilines is 2. The molecule has 0 unspecified atom stereocenters. The average molecular weight is 361 g/mol. The first-order valence-corrected chi connectivity index (χ1v) is 7.93. The maximum Gasteiger partial charge on any atom is 0.340 e. The minimum Gasteiger partial charge on any atom is -0.454 e. The second-order valence-corrected chi connectivity index (χ2v) is 5.65. The van der Waals surface area contributed by atoms with Gasteiger partial charge in [0.1, 0.15) is 0 Å². The zero-order valence-corrected chi connectivity index (χ0v) is 14.3. The fourth-order valence-corrected chi connectivity index (χ4v) is 2.18. The summed E-state index contributed by atoms with van der Waals surface area (Å²) in [7, 11) is 0. The van der Waals surface area contributed by atoms with Crippen molar-refractivity contribution in [2.24, 2.45) is 0 Å². The number of amides is 1. The number of benzene rings is 2. The Morgan fingerprint density at radius 3 is 2.40 bits per heavy atom. The third-order valence-electron chi connectivity index (χ3n) is 3.38. The minimum absolute atomic E-state index is 0.117. The molecule has 0 radical (unpaired) electrons. The first-order valence-electron chi connectivity index (χ1n) is 7.56. The lowest BCUT2D eigenvalue weighted by Gasteiger charge is -2.08. The molecule has 0 atom stereocenters. The van der Waals surface area contributed by atoms with Crippen LogP contribution in [-0.2, 0) is 9.53 Å². The summed E-state index contributed by atoms with van der Waals surface area (Å²) in [5.41, 5.74) is 6.99. The number of hydrogen-bond acceptors (Lipinski definition) is 5. The molecule has 0 heterocycles. The summed E-state index contributed by atoms with van der Waals surface area (Å²) < 4.78 is 5.00. The van der Waals surface area contributed by atoms with Crippen molar-refractivity contribution in [2.45, 2.75) is 13.3 Å². The largest absolute Gasteiger partial charge is 0.454 e. The predicted molar refractivity (Wildman–Crippen MR) is 95.8 cm³/mol. The highest BCUT2D eigenvalue weighted by atomic mass is 35.5. The zero-order valence-electron chi connectivity index (χ0n) is 13.5. The van der Waals surface area contributed by atoms with Crippen molar-refractivity contribution in [3.8, 4) is 0 Å². The molecule has 2 aromatic carbocycles. The molecule has 0 fully saturated rings. The predicted octanol–water partition coefficient (Wildman–Crippen LogP) is 3.31. The number of halogens is 1. The molecule has 0 aliphatic carbocycles. The van der Waals surface area contributed by atoms with Crippen molar-refractivity contribution in [2.75, 3.05) is 17.7 Å². The van der Waals surface area contributed by atoms with Crippen molar-refractivity contribution in [1.82, 2.24) is 0 Å². The first kappa shape index (κ1) is 18.5. The van der Waals surface area contributed by atoms with Gasteiger partial charge >= 0.3 is 5.97 Å². The van der Waals surface area contributed by atoms with E-state index in [1.807, 2.05) is 0 Å². The van der Waals surface area contributed by atoms with Gasteiger partial charge in [0, 0.05) is 28.4 Å². The number of ether oxygens (including phenoxy) is 1. The Balaban J connectivity index is 1.95. The van der Waals surface area contributed by atoms with Crippen LogP contribution in [0.15, 0.2) is 42.5 Å². The van der Waals surface area contributed by atoms with E-state index in [-0.39, 0.29) is 22.9 Å². The van der Waals surface area contributed by atoms with Crippen LogP contribution in [0.4, 0.5) is 11.4 Å². The Morgan fingerprint density at radius 1 is 1.12 bits per heavy atom. The van der Waals surface area contributed by atoms with Crippen LogP contribution < -0.4 is 11.1 Å². The van der Waals surface area contributed by atoms with E-state index < -0.39 is 12.6 Å². The highest BCUT2D eigenvalue weighted by Crippen LogP contribution is 2.19. The molecule has 130 valence electrons. The number of ketones is 1. The van der Waals surface area contributed by atoms with Crippen molar-refractivity contribution < 1.29 is 19.1 Å². The van der Waals surface area contributed by atoms with Crippen LogP contribution in [0.3, 0.4) is 0 Å². The van der Waals surface area contributed by atoms with Gasteiger partial charge in [-0.2, -0.15) is 0 Å². The maximum absolute atomic E-state index is 12.1. The number of hydrogen-bond donors (Lipinski definition) is 2. The monoisotopic (exact) mass is 360 g/mol. The smallest absolute Gasteiger partial charge is 0.340 e. The van der Waals surface area contributed by atoms with Gasteiger partial charge in [-0.3, -0.25) is 9.59 Å². The van der Waals surface area contributed by atoms with Crippen LogP contribution >= 0.6 is 11.6 Å². The maximum atomic E-state index is 12.1. The summed E-state index contributed by atoms with van der Waals surface area (Å²) in [5, 5.41) is 3.08. The number of nitrogens with two attached hydrogens (primary N) is 1. The van der Waals surface area contributed by atoms with Gasteiger partial charge in [0.15, 0.2) is 12.4 Å². The fourth-order valence-electron chi connectivity index (χ4n) is 2.00. The van der Waals surface area contributed by atoms with E-state index in [1.54, 1.807) is 31.2 Å². The molecule has 0 saturated carbocycles. The molecule has 0 bridgehead atoms. The molecule has 0 aliphatic heterocycles. The van der Waals surface area contributed by atoms with Crippen LogP contribution in [0.25, 0.3) is 0 Å². The summed E-state index contributed by atoms with van der Waals surface area (Å²) >= 11 is 5.77. The quantitative estimate of drug-likeness (QED) is 0.468. The lowest BCUT2D eigenvalue weighted by atomic mass is 10.1. The average Bonchev–Trinajstić information content (AvgIpc) is 2.60. The molecule has 0 saturated heterocycles. The number of carbonyl (C=O) groups is 3. The van der Waals surface area contributed by atoms with Crippen molar-refractivity contribution >= 4 is 40.6 Å². The Morgan fingerprint density at radius 2 is 1.80 bits per heavy atom. The molecular weight excluding hydrogens is 344 g/mol. The topological polar surface area (TPSA) is 98.5 Å². The summed E-state index contributed by atoms with van der Waals surface area (Å²) in [6.45, 7) is 1.33. The van der Waals surface area contributed by atoms with Crippen LogP contribution in [-0.4, -0.2) is 24.3 Å². The first-order chi connectivity index (χ1) is 11.9. The number of nitrogen functional groups attached to an aromatic ring is 1. The molecule has 7 heteroatoms. The molecule has 1 amide bonds. The second kappa shape index (κ2) is 8.30.